The van der Waals surface area contributed by atoms with Gasteiger partial charge in [-0.15, -0.1) is 0 Å². The molecule has 1 atom stereocenters. The third kappa shape index (κ3) is 2.51. The lowest BCUT2D eigenvalue weighted by Crippen LogP contribution is -2.30. The molecule has 5 nitrogen and oxygen atoms in total. The summed E-state index contributed by atoms with van der Waals surface area (Å²) in [4.78, 5) is 14.6. The van der Waals surface area contributed by atoms with E-state index in [4.69, 9.17) is 9.26 Å². The van der Waals surface area contributed by atoms with Crippen LogP contribution in [0.4, 0.5) is 0 Å². The molecule has 2 aromatic rings. The van der Waals surface area contributed by atoms with Crippen LogP contribution >= 0.6 is 0 Å². The second kappa shape index (κ2) is 5.60. The minimum absolute atomic E-state index is 0.0241. The van der Waals surface area contributed by atoms with E-state index in [1.54, 1.807) is 19.2 Å². The summed E-state index contributed by atoms with van der Waals surface area (Å²) in [6.45, 7) is 2.61. The zero-order valence-electron chi connectivity index (χ0n) is 12.2. The molecule has 1 fully saturated rings. The Kier molecular flexibility index (Phi) is 3.64. The number of methoxy groups -OCH3 is 1. The number of carbonyl (C=O) groups excluding carboxylic acids is 1. The van der Waals surface area contributed by atoms with Crippen LogP contribution in [0.5, 0.6) is 5.75 Å². The first-order valence-electron chi connectivity index (χ1n) is 7.08. The molecule has 1 amide bonds. The van der Waals surface area contributed by atoms with E-state index >= 15 is 0 Å². The number of hydrogen-bond acceptors (Lipinski definition) is 4. The van der Waals surface area contributed by atoms with E-state index in [1.807, 2.05) is 30.0 Å². The quantitative estimate of drug-likeness (QED) is 0.870. The van der Waals surface area contributed by atoms with Crippen LogP contribution in [0.1, 0.15) is 40.7 Å². The highest BCUT2D eigenvalue weighted by Crippen LogP contribution is 2.34. The van der Waals surface area contributed by atoms with Gasteiger partial charge in [-0.25, -0.2) is 0 Å². The highest BCUT2D eigenvalue weighted by molar-refractivity contribution is 5.97. The van der Waals surface area contributed by atoms with Gasteiger partial charge in [-0.05, 0) is 31.9 Å². The van der Waals surface area contributed by atoms with Gasteiger partial charge in [0.15, 0.2) is 5.76 Å². The van der Waals surface area contributed by atoms with Gasteiger partial charge in [-0.3, -0.25) is 4.79 Å². The molecule has 3 rings (SSSR count). The lowest BCUT2D eigenvalue weighted by atomic mass is 10.1. The maximum Gasteiger partial charge on any atom is 0.258 e. The molecule has 21 heavy (non-hydrogen) atoms. The van der Waals surface area contributed by atoms with Gasteiger partial charge in [0.05, 0.1) is 24.4 Å². The van der Waals surface area contributed by atoms with Crippen molar-refractivity contribution < 1.29 is 14.1 Å². The lowest BCUT2D eigenvalue weighted by Gasteiger charge is -2.23. The molecular formula is C16H18N2O3. The third-order valence-corrected chi connectivity index (χ3v) is 3.83. The normalized spacial score (nSPS) is 18.0. The fourth-order valence-electron chi connectivity index (χ4n) is 2.82. The SMILES string of the molecule is COc1ccccc1C(=O)N1CCC[C@H]1c1cc(C)no1. The van der Waals surface area contributed by atoms with Gasteiger partial charge in [0.25, 0.3) is 5.91 Å². The minimum Gasteiger partial charge on any atom is -0.496 e. The first-order valence-corrected chi connectivity index (χ1v) is 7.08. The van der Waals surface area contributed by atoms with Gasteiger partial charge in [0.1, 0.15) is 5.75 Å². The summed E-state index contributed by atoms with van der Waals surface area (Å²) >= 11 is 0. The summed E-state index contributed by atoms with van der Waals surface area (Å²) < 4.78 is 10.6. The number of ether oxygens (including phenoxy) is 1. The van der Waals surface area contributed by atoms with E-state index in [0.29, 0.717) is 11.3 Å². The van der Waals surface area contributed by atoms with E-state index in [2.05, 4.69) is 5.16 Å². The van der Waals surface area contributed by atoms with Crippen molar-refractivity contribution in [2.45, 2.75) is 25.8 Å². The number of aromatic nitrogens is 1. The van der Waals surface area contributed by atoms with Crippen LogP contribution in [-0.2, 0) is 0 Å². The van der Waals surface area contributed by atoms with Crippen molar-refractivity contribution in [3.63, 3.8) is 0 Å². The average Bonchev–Trinajstić information content (AvgIpc) is 3.14. The average molecular weight is 286 g/mol. The number of amides is 1. The molecule has 1 saturated heterocycles. The van der Waals surface area contributed by atoms with E-state index in [9.17, 15) is 4.79 Å². The Bertz CT molecular complexity index is 650. The third-order valence-electron chi connectivity index (χ3n) is 3.83. The van der Waals surface area contributed by atoms with Crippen molar-refractivity contribution in [1.82, 2.24) is 10.1 Å². The van der Waals surface area contributed by atoms with Crippen LogP contribution in [0.3, 0.4) is 0 Å². The number of benzene rings is 1. The fourth-order valence-corrected chi connectivity index (χ4v) is 2.82. The number of para-hydroxylation sites is 1. The summed E-state index contributed by atoms with van der Waals surface area (Å²) in [7, 11) is 1.58. The van der Waals surface area contributed by atoms with Gasteiger partial charge in [0.2, 0.25) is 0 Å². The Morgan fingerprint density at radius 2 is 2.24 bits per heavy atom. The molecule has 1 aliphatic heterocycles. The van der Waals surface area contributed by atoms with Crippen molar-refractivity contribution >= 4 is 5.91 Å². The first-order chi connectivity index (χ1) is 10.2. The van der Waals surface area contributed by atoms with Crippen molar-refractivity contribution in [2.24, 2.45) is 0 Å². The molecule has 0 saturated carbocycles. The number of carbonyl (C=O) groups is 1. The predicted molar refractivity (Wildman–Crippen MR) is 77.2 cm³/mol. The Labute approximate surface area is 123 Å². The molecule has 1 aromatic carbocycles. The van der Waals surface area contributed by atoms with E-state index < -0.39 is 0 Å². The van der Waals surface area contributed by atoms with Gasteiger partial charge >= 0.3 is 0 Å². The standard InChI is InChI=1S/C16H18N2O3/c1-11-10-15(21-17-11)13-7-5-9-18(13)16(19)12-6-3-4-8-14(12)20-2/h3-4,6,8,10,13H,5,7,9H2,1-2H3/t13-/m0/s1. The van der Waals surface area contributed by atoms with Crippen LogP contribution in [0, 0.1) is 6.92 Å². The van der Waals surface area contributed by atoms with Crippen molar-refractivity contribution in [3.8, 4) is 5.75 Å². The molecule has 110 valence electrons. The van der Waals surface area contributed by atoms with E-state index in [0.717, 1.165) is 30.8 Å². The summed E-state index contributed by atoms with van der Waals surface area (Å²) in [5.41, 5.74) is 1.42. The molecular weight excluding hydrogens is 268 g/mol. The van der Waals surface area contributed by atoms with E-state index in [-0.39, 0.29) is 11.9 Å². The fraction of sp³-hybridized carbons (Fsp3) is 0.375. The molecule has 5 heteroatoms. The Morgan fingerprint density at radius 1 is 1.43 bits per heavy atom. The molecule has 0 aliphatic carbocycles. The van der Waals surface area contributed by atoms with Crippen LogP contribution < -0.4 is 4.74 Å². The topological polar surface area (TPSA) is 55.6 Å². The molecule has 0 bridgehead atoms. The Balaban J connectivity index is 1.89. The monoisotopic (exact) mass is 286 g/mol. The molecule has 1 aromatic heterocycles. The highest BCUT2D eigenvalue weighted by atomic mass is 16.5. The first kappa shape index (κ1) is 13.7. The van der Waals surface area contributed by atoms with Crippen LogP contribution in [0.25, 0.3) is 0 Å². The predicted octanol–water partition coefficient (Wildman–Crippen LogP) is 2.97. The number of hydrogen-bond donors (Lipinski definition) is 0. The molecule has 1 aliphatic rings. The molecule has 2 heterocycles. The molecule has 0 unspecified atom stereocenters. The largest absolute Gasteiger partial charge is 0.496 e. The van der Waals surface area contributed by atoms with Crippen molar-refractivity contribution in [2.75, 3.05) is 13.7 Å². The van der Waals surface area contributed by atoms with E-state index in [1.165, 1.54) is 0 Å². The maximum absolute atomic E-state index is 12.8. The Hall–Kier alpha value is -2.30. The van der Waals surface area contributed by atoms with Gasteiger partial charge in [0, 0.05) is 12.6 Å². The number of nitrogens with zero attached hydrogens (tertiary/aromatic N) is 2. The number of likely N-dealkylation sites (tertiary alicyclic amines) is 1. The second-order valence-electron chi connectivity index (χ2n) is 5.23. The van der Waals surface area contributed by atoms with Crippen molar-refractivity contribution in [1.29, 1.82) is 0 Å². The summed E-state index contributed by atoms with van der Waals surface area (Å²) in [5, 5.41) is 3.92. The maximum atomic E-state index is 12.8. The zero-order valence-corrected chi connectivity index (χ0v) is 12.2. The summed E-state index contributed by atoms with van der Waals surface area (Å²) in [6.07, 6.45) is 1.86. The summed E-state index contributed by atoms with van der Waals surface area (Å²) in [5.74, 6) is 1.33. The lowest BCUT2D eigenvalue weighted by molar-refractivity contribution is 0.0711. The summed E-state index contributed by atoms with van der Waals surface area (Å²) in [6, 6.07) is 9.16. The van der Waals surface area contributed by atoms with Crippen molar-refractivity contribution in [3.05, 3.63) is 47.3 Å². The zero-order chi connectivity index (χ0) is 14.8. The van der Waals surface area contributed by atoms with Crippen LogP contribution in [0.15, 0.2) is 34.9 Å². The highest BCUT2D eigenvalue weighted by Gasteiger charge is 2.34. The Morgan fingerprint density at radius 3 is 2.95 bits per heavy atom. The van der Waals surface area contributed by atoms with Gasteiger partial charge in [-0.1, -0.05) is 17.3 Å². The molecule has 0 radical (unpaired) electrons. The second-order valence-corrected chi connectivity index (χ2v) is 5.23. The van der Waals surface area contributed by atoms with Crippen LogP contribution in [-0.4, -0.2) is 29.6 Å². The molecule has 0 spiro atoms. The van der Waals surface area contributed by atoms with Gasteiger partial charge < -0.3 is 14.2 Å². The van der Waals surface area contributed by atoms with Gasteiger partial charge in [-0.2, -0.15) is 0 Å². The number of rotatable bonds is 3. The minimum atomic E-state index is -0.0383. The smallest absolute Gasteiger partial charge is 0.258 e. The van der Waals surface area contributed by atoms with Crippen LogP contribution in [0.2, 0.25) is 0 Å². The molecule has 0 N–H and O–H groups in total. The number of aryl methyl sites for hydroxylation is 1.